The number of hydrogen-bond donors (Lipinski definition) is 1. The van der Waals surface area contributed by atoms with E-state index in [4.69, 9.17) is 9.47 Å². The van der Waals surface area contributed by atoms with Gasteiger partial charge in [0.15, 0.2) is 11.5 Å². The van der Waals surface area contributed by atoms with E-state index < -0.39 is 0 Å². The Kier molecular flexibility index (Phi) is 4.39. The first-order chi connectivity index (χ1) is 9.76. The predicted molar refractivity (Wildman–Crippen MR) is 84.8 cm³/mol. The fraction of sp³-hybridized carbons (Fsp3) is 0.625. The van der Waals surface area contributed by atoms with Crippen molar-refractivity contribution in [2.24, 2.45) is 5.92 Å². The predicted octanol–water partition coefficient (Wildman–Crippen LogP) is 4.60. The SMILES string of the molecule is CCC1CCCC(Nc2cc3c(cc2Br)OCCO3)C1. The summed E-state index contributed by atoms with van der Waals surface area (Å²) in [6, 6.07) is 4.65. The van der Waals surface area contributed by atoms with Crippen molar-refractivity contribution in [2.45, 2.75) is 45.1 Å². The summed E-state index contributed by atoms with van der Waals surface area (Å²) in [5, 5.41) is 3.68. The summed E-state index contributed by atoms with van der Waals surface area (Å²) in [6.07, 6.45) is 6.55. The van der Waals surface area contributed by atoms with Gasteiger partial charge in [-0.25, -0.2) is 0 Å². The fourth-order valence-corrected chi connectivity index (χ4v) is 3.62. The zero-order valence-electron chi connectivity index (χ0n) is 12.0. The molecule has 4 heteroatoms. The Hall–Kier alpha value is -0.900. The normalized spacial score (nSPS) is 25.3. The molecule has 20 heavy (non-hydrogen) atoms. The summed E-state index contributed by atoms with van der Waals surface area (Å²) in [6.45, 7) is 3.56. The van der Waals surface area contributed by atoms with E-state index in [0.29, 0.717) is 19.3 Å². The lowest BCUT2D eigenvalue weighted by Crippen LogP contribution is -2.27. The second kappa shape index (κ2) is 6.25. The van der Waals surface area contributed by atoms with Crippen molar-refractivity contribution in [2.75, 3.05) is 18.5 Å². The van der Waals surface area contributed by atoms with Gasteiger partial charge in [-0.1, -0.05) is 26.2 Å². The molecule has 0 saturated heterocycles. The molecular formula is C16H22BrNO2. The maximum absolute atomic E-state index is 5.66. The Labute approximate surface area is 129 Å². The molecule has 2 unspecified atom stereocenters. The molecule has 1 saturated carbocycles. The number of anilines is 1. The van der Waals surface area contributed by atoms with Gasteiger partial charge < -0.3 is 14.8 Å². The third kappa shape index (κ3) is 3.05. The summed E-state index contributed by atoms with van der Waals surface area (Å²) < 4.78 is 12.3. The van der Waals surface area contributed by atoms with Crippen LogP contribution in [-0.2, 0) is 0 Å². The van der Waals surface area contributed by atoms with Crippen molar-refractivity contribution in [3.63, 3.8) is 0 Å². The zero-order valence-corrected chi connectivity index (χ0v) is 13.5. The highest BCUT2D eigenvalue weighted by Crippen LogP contribution is 2.39. The number of ether oxygens (including phenoxy) is 2. The largest absolute Gasteiger partial charge is 0.486 e. The Morgan fingerprint density at radius 3 is 2.70 bits per heavy atom. The van der Waals surface area contributed by atoms with E-state index in [1.54, 1.807) is 0 Å². The molecule has 0 radical (unpaired) electrons. The van der Waals surface area contributed by atoms with E-state index in [9.17, 15) is 0 Å². The van der Waals surface area contributed by atoms with Crippen molar-refractivity contribution in [1.29, 1.82) is 0 Å². The highest BCUT2D eigenvalue weighted by atomic mass is 79.9. The first kappa shape index (κ1) is 14.1. The fourth-order valence-electron chi connectivity index (χ4n) is 3.19. The summed E-state index contributed by atoms with van der Waals surface area (Å²) in [5.41, 5.74) is 1.12. The molecule has 0 aromatic heterocycles. The monoisotopic (exact) mass is 339 g/mol. The number of benzene rings is 1. The van der Waals surface area contributed by atoms with E-state index in [0.717, 1.165) is 27.6 Å². The third-order valence-electron chi connectivity index (χ3n) is 4.35. The van der Waals surface area contributed by atoms with Gasteiger partial charge in [0.05, 0.1) is 5.69 Å². The molecule has 2 atom stereocenters. The minimum absolute atomic E-state index is 0.576. The van der Waals surface area contributed by atoms with Crippen LogP contribution in [0.15, 0.2) is 16.6 Å². The van der Waals surface area contributed by atoms with E-state index in [1.807, 2.05) is 6.07 Å². The number of fused-ring (bicyclic) bond motifs is 1. The topological polar surface area (TPSA) is 30.5 Å². The van der Waals surface area contributed by atoms with E-state index in [-0.39, 0.29) is 0 Å². The average molecular weight is 340 g/mol. The van der Waals surface area contributed by atoms with Gasteiger partial charge in [-0.05, 0) is 34.7 Å². The maximum Gasteiger partial charge on any atom is 0.163 e. The minimum atomic E-state index is 0.576. The molecule has 1 aliphatic heterocycles. The molecule has 1 aromatic carbocycles. The van der Waals surface area contributed by atoms with Crippen molar-refractivity contribution in [3.8, 4) is 11.5 Å². The molecule has 3 rings (SSSR count). The molecule has 1 aromatic rings. The summed E-state index contributed by atoms with van der Waals surface area (Å²) in [5.74, 6) is 2.56. The third-order valence-corrected chi connectivity index (χ3v) is 5.01. The highest BCUT2D eigenvalue weighted by molar-refractivity contribution is 9.10. The lowest BCUT2D eigenvalue weighted by atomic mass is 9.84. The second-order valence-electron chi connectivity index (χ2n) is 5.76. The standard InChI is InChI=1S/C16H22BrNO2/c1-2-11-4-3-5-12(8-11)18-14-10-16-15(9-13(14)17)19-6-7-20-16/h9-12,18H,2-8H2,1H3. The molecule has 1 fully saturated rings. The van der Waals surface area contributed by atoms with E-state index in [1.165, 1.54) is 32.1 Å². The van der Waals surface area contributed by atoms with Crippen LogP contribution in [0.25, 0.3) is 0 Å². The number of rotatable bonds is 3. The number of nitrogens with one attached hydrogen (secondary N) is 1. The highest BCUT2D eigenvalue weighted by Gasteiger charge is 2.22. The van der Waals surface area contributed by atoms with E-state index >= 15 is 0 Å². The van der Waals surface area contributed by atoms with Gasteiger partial charge in [0, 0.05) is 22.6 Å². The summed E-state index contributed by atoms with van der Waals surface area (Å²) in [4.78, 5) is 0. The van der Waals surface area contributed by atoms with Gasteiger partial charge in [0.2, 0.25) is 0 Å². The van der Waals surface area contributed by atoms with Crippen LogP contribution in [0.2, 0.25) is 0 Å². The maximum atomic E-state index is 5.66. The van der Waals surface area contributed by atoms with Crippen molar-refractivity contribution in [3.05, 3.63) is 16.6 Å². The van der Waals surface area contributed by atoms with Crippen molar-refractivity contribution < 1.29 is 9.47 Å². The minimum Gasteiger partial charge on any atom is -0.486 e. The van der Waals surface area contributed by atoms with Crippen molar-refractivity contribution >= 4 is 21.6 Å². The Balaban J connectivity index is 1.73. The zero-order chi connectivity index (χ0) is 13.9. The molecule has 3 nitrogen and oxygen atoms in total. The molecule has 2 aliphatic rings. The van der Waals surface area contributed by atoms with Crippen LogP contribution in [0.4, 0.5) is 5.69 Å². The van der Waals surface area contributed by atoms with Crippen LogP contribution in [0.3, 0.4) is 0 Å². The van der Waals surface area contributed by atoms with Crippen LogP contribution in [-0.4, -0.2) is 19.3 Å². The Morgan fingerprint density at radius 2 is 1.95 bits per heavy atom. The van der Waals surface area contributed by atoms with Gasteiger partial charge >= 0.3 is 0 Å². The lowest BCUT2D eigenvalue weighted by molar-refractivity contribution is 0.171. The molecular weight excluding hydrogens is 318 g/mol. The van der Waals surface area contributed by atoms with Crippen LogP contribution in [0, 0.1) is 5.92 Å². The molecule has 1 heterocycles. The lowest BCUT2D eigenvalue weighted by Gasteiger charge is -2.30. The average Bonchev–Trinajstić information content (AvgIpc) is 2.48. The smallest absolute Gasteiger partial charge is 0.163 e. The molecule has 1 N–H and O–H groups in total. The molecule has 0 spiro atoms. The summed E-state index contributed by atoms with van der Waals surface area (Å²) in [7, 11) is 0. The van der Waals surface area contributed by atoms with Crippen molar-refractivity contribution in [1.82, 2.24) is 0 Å². The first-order valence-electron chi connectivity index (χ1n) is 7.62. The quantitative estimate of drug-likeness (QED) is 0.872. The van der Waals surface area contributed by atoms with Gasteiger partial charge in [0.1, 0.15) is 13.2 Å². The van der Waals surface area contributed by atoms with Crippen LogP contribution in [0.5, 0.6) is 11.5 Å². The number of halogens is 1. The van der Waals surface area contributed by atoms with Gasteiger partial charge in [-0.2, -0.15) is 0 Å². The number of hydrogen-bond acceptors (Lipinski definition) is 3. The molecule has 0 bridgehead atoms. The van der Waals surface area contributed by atoms with Crippen LogP contribution >= 0.6 is 15.9 Å². The van der Waals surface area contributed by atoms with Gasteiger partial charge in [-0.3, -0.25) is 0 Å². The molecule has 1 aliphatic carbocycles. The molecule has 110 valence electrons. The van der Waals surface area contributed by atoms with Gasteiger partial charge in [-0.15, -0.1) is 0 Å². The van der Waals surface area contributed by atoms with Gasteiger partial charge in [0.25, 0.3) is 0 Å². The van der Waals surface area contributed by atoms with E-state index in [2.05, 4.69) is 34.2 Å². The second-order valence-corrected chi connectivity index (χ2v) is 6.61. The van der Waals surface area contributed by atoms with Crippen LogP contribution in [0.1, 0.15) is 39.0 Å². The Bertz CT molecular complexity index is 478. The first-order valence-corrected chi connectivity index (χ1v) is 8.41. The summed E-state index contributed by atoms with van der Waals surface area (Å²) >= 11 is 3.64. The Morgan fingerprint density at radius 1 is 1.20 bits per heavy atom. The molecule has 0 amide bonds. The van der Waals surface area contributed by atoms with Crippen LogP contribution < -0.4 is 14.8 Å².